The number of carbonyl (C=O) groups is 1. The SMILES string of the molecule is CN(CCNS(C)(=O)=O)S(=O)(=O)c1ccc(-c2cn(C(=O)OC(C)(C)C)c3cc(F)ccc23)cn1. The van der Waals surface area contributed by atoms with Gasteiger partial charge in [-0.15, -0.1) is 0 Å². The van der Waals surface area contributed by atoms with E-state index in [0.29, 0.717) is 22.0 Å². The maximum atomic E-state index is 14.0. The number of rotatable bonds is 7. The Kier molecular flexibility index (Phi) is 7.37. The van der Waals surface area contributed by atoms with Crippen molar-refractivity contribution in [3.8, 4) is 11.1 Å². The second kappa shape index (κ2) is 9.64. The summed E-state index contributed by atoms with van der Waals surface area (Å²) in [6, 6.07) is 6.84. The first kappa shape index (κ1) is 26.7. The summed E-state index contributed by atoms with van der Waals surface area (Å²) in [7, 11) is -6.10. The molecule has 0 bridgehead atoms. The maximum Gasteiger partial charge on any atom is 0.419 e. The molecule has 2 heterocycles. The lowest BCUT2D eigenvalue weighted by molar-refractivity contribution is 0.0544. The Balaban J connectivity index is 1.93. The van der Waals surface area contributed by atoms with Gasteiger partial charge in [-0.2, -0.15) is 4.31 Å². The smallest absolute Gasteiger partial charge is 0.419 e. The highest BCUT2D eigenvalue weighted by Gasteiger charge is 2.24. The van der Waals surface area contributed by atoms with Gasteiger partial charge in [-0.1, -0.05) is 0 Å². The molecule has 1 aromatic carbocycles. The first-order chi connectivity index (χ1) is 16.1. The van der Waals surface area contributed by atoms with Crippen molar-refractivity contribution in [2.24, 2.45) is 0 Å². The van der Waals surface area contributed by atoms with Gasteiger partial charge in [0.25, 0.3) is 10.0 Å². The molecule has 0 radical (unpaired) electrons. The van der Waals surface area contributed by atoms with Gasteiger partial charge in [-0.05, 0) is 51.1 Å². The van der Waals surface area contributed by atoms with Crippen LogP contribution in [0.2, 0.25) is 0 Å². The first-order valence-electron chi connectivity index (χ1n) is 10.5. The molecule has 0 aliphatic carbocycles. The molecule has 1 N–H and O–H groups in total. The molecule has 0 saturated carbocycles. The summed E-state index contributed by atoms with van der Waals surface area (Å²) < 4.78 is 71.8. The van der Waals surface area contributed by atoms with E-state index in [1.165, 1.54) is 54.3 Å². The van der Waals surface area contributed by atoms with Crippen molar-refractivity contribution in [1.29, 1.82) is 0 Å². The fourth-order valence-electron chi connectivity index (χ4n) is 3.25. The zero-order valence-electron chi connectivity index (χ0n) is 19.9. The first-order valence-corrected chi connectivity index (χ1v) is 13.8. The van der Waals surface area contributed by atoms with Crippen LogP contribution >= 0.6 is 0 Å². The lowest BCUT2D eigenvalue weighted by atomic mass is 10.1. The van der Waals surface area contributed by atoms with Crippen LogP contribution in [0.1, 0.15) is 20.8 Å². The molecule has 10 nitrogen and oxygen atoms in total. The van der Waals surface area contributed by atoms with Gasteiger partial charge >= 0.3 is 6.09 Å². The highest BCUT2D eigenvalue weighted by Crippen LogP contribution is 2.32. The molecule has 2 aromatic heterocycles. The Labute approximate surface area is 203 Å². The molecule has 0 atom stereocenters. The Morgan fingerprint density at radius 1 is 1.17 bits per heavy atom. The van der Waals surface area contributed by atoms with Crippen molar-refractivity contribution in [2.45, 2.75) is 31.4 Å². The van der Waals surface area contributed by atoms with Crippen LogP contribution in [0.25, 0.3) is 22.0 Å². The molecule has 0 aliphatic heterocycles. The Morgan fingerprint density at radius 3 is 2.43 bits per heavy atom. The van der Waals surface area contributed by atoms with Crippen LogP contribution in [0.15, 0.2) is 47.8 Å². The summed E-state index contributed by atoms with van der Waals surface area (Å²) in [6.07, 6.45) is 3.13. The second-order valence-corrected chi connectivity index (χ2v) is 12.8. The average molecular weight is 527 g/mol. The minimum absolute atomic E-state index is 0.0895. The van der Waals surface area contributed by atoms with E-state index < -0.39 is 37.6 Å². The van der Waals surface area contributed by atoms with Gasteiger partial charge in [0.1, 0.15) is 11.4 Å². The summed E-state index contributed by atoms with van der Waals surface area (Å²) >= 11 is 0. The van der Waals surface area contributed by atoms with Crippen LogP contribution < -0.4 is 4.72 Å². The molecule has 3 rings (SSSR count). The molecule has 0 aliphatic rings. The average Bonchev–Trinajstić information content (AvgIpc) is 3.10. The second-order valence-electron chi connectivity index (χ2n) is 8.93. The number of pyridine rings is 1. The number of likely N-dealkylation sites (N-methyl/N-ethyl adjacent to an activating group) is 1. The van der Waals surface area contributed by atoms with E-state index >= 15 is 0 Å². The zero-order valence-corrected chi connectivity index (χ0v) is 21.6. The van der Waals surface area contributed by atoms with E-state index in [9.17, 15) is 26.0 Å². The summed E-state index contributed by atoms with van der Waals surface area (Å²) in [5, 5.41) is 0.323. The lowest BCUT2D eigenvalue weighted by Gasteiger charge is -2.19. The van der Waals surface area contributed by atoms with E-state index in [2.05, 4.69) is 9.71 Å². The van der Waals surface area contributed by atoms with Gasteiger partial charge in [0.05, 0.1) is 11.8 Å². The Hall–Kier alpha value is -2.87. The van der Waals surface area contributed by atoms with Crippen molar-refractivity contribution in [1.82, 2.24) is 18.6 Å². The molecule has 0 saturated heterocycles. The number of nitrogens with one attached hydrogen (secondary N) is 1. The predicted molar refractivity (Wildman–Crippen MR) is 129 cm³/mol. The quantitative estimate of drug-likeness (QED) is 0.501. The van der Waals surface area contributed by atoms with Crippen LogP contribution in [-0.2, 0) is 24.8 Å². The van der Waals surface area contributed by atoms with E-state index in [-0.39, 0.29) is 18.1 Å². The van der Waals surface area contributed by atoms with E-state index in [1.807, 2.05) is 0 Å². The van der Waals surface area contributed by atoms with Gasteiger partial charge < -0.3 is 4.74 Å². The Morgan fingerprint density at radius 2 is 1.86 bits per heavy atom. The summed E-state index contributed by atoms with van der Waals surface area (Å²) in [6.45, 7) is 4.97. The molecule has 0 spiro atoms. The maximum absolute atomic E-state index is 14.0. The number of benzene rings is 1. The molecule has 3 aromatic rings. The Bertz CT molecular complexity index is 1460. The summed E-state index contributed by atoms with van der Waals surface area (Å²) in [5.41, 5.74) is 0.572. The van der Waals surface area contributed by atoms with Crippen LogP contribution in [0.5, 0.6) is 0 Å². The topological polar surface area (TPSA) is 128 Å². The fraction of sp³-hybridized carbons (Fsp3) is 0.364. The van der Waals surface area contributed by atoms with E-state index in [1.54, 1.807) is 20.8 Å². The fourth-order valence-corrected chi connectivity index (χ4v) is 4.79. The number of hydrogen-bond acceptors (Lipinski definition) is 7. The third kappa shape index (κ3) is 6.42. The molecular formula is C22H27FN4O6S2. The van der Waals surface area contributed by atoms with Gasteiger partial charge in [0.15, 0.2) is 5.03 Å². The van der Waals surface area contributed by atoms with E-state index in [4.69, 9.17) is 4.74 Å². The van der Waals surface area contributed by atoms with Crippen molar-refractivity contribution < 1.29 is 30.8 Å². The number of ether oxygens (including phenoxy) is 1. The molecule has 190 valence electrons. The molecule has 0 unspecified atom stereocenters. The normalized spacial score (nSPS) is 12.9. The molecule has 35 heavy (non-hydrogen) atoms. The largest absolute Gasteiger partial charge is 0.443 e. The van der Waals surface area contributed by atoms with Crippen molar-refractivity contribution in [3.63, 3.8) is 0 Å². The van der Waals surface area contributed by atoms with Crippen LogP contribution in [0, 0.1) is 5.82 Å². The highest BCUT2D eigenvalue weighted by atomic mass is 32.2. The standard InChI is InChI=1S/C22H27FN4O6S2/c1-22(2,3)33-21(28)27-14-18(17-8-7-16(23)12-19(17)27)15-6-9-20(24-13-15)35(31,32)26(4)11-10-25-34(5,29)30/h6-9,12-14,25H,10-11H2,1-5H3. The number of carbonyl (C=O) groups excluding carboxylic acids is 1. The van der Waals surface area contributed by atoms with E-state index in [0.717, 1.165) is 10.6 Å². The predicted octanol–water partition coefficient (Wildman–Crippen LogP) is 2.80. The third-order valence-electron chi connectivity index (χ3n) is 4.87. The summed E-state index contributed by atoms with van der Waals surface area (Å²) in [5.74, 6) is -0.528. The number of sulfonamides is 2. The minimum Gasteiger partial charge on any atom is -0.443 e. The van der Waals surface area contributed by atoms with Crippen molar-refractivity contribution in [2.75, 3.05) is 26.4 Å². The van der Waals surface area contributed by atoms with Gasteiger partial charge in [0, 0.05) is 49.0 Å². The van der Waals surface area contributed by atoms with Crippen molar-refractivity contribution >= 4 is 37.0 Å². The minimum atomic E-state index is -3.97. The zero-order chi connectivity index (χ0) is 26.2. The number of fused-ring (bicyclic) bond motifs is 1. The third-order valence-corrected chi connectivity index (χ3v) is 7.37. The van der Waals surface area contributed by atoms with Gasteiger partial charge in [-0.3, -0.25) is 4.57 Å². The van der Waals surface area contributed by atoms with Gasteiger partial charge in [0.2, 0.25) is 10.0 Å². The monoisotopic (exact) mass is 526 g/mol. The number of halogens is 1. The molecule has 0 fully saturated rings. The lowest BCUT2D eigenvalue weighted by Crippen LogP contribution is -2.36. The van der Waals surface area contributed by atoms with Gasteiger partial charge in [-0.25, -0.2) is 35.7 Å². The van der Waals surface area contributed by atoms with Crippen LogP contribution in [0.3, 0.4) is 0 Å². The van der Waals surface area contributed by atoms with Crippen LogP contribution in [-0.4, -0.2) is 68.8 Å². The summed E-state index contributed by atoms with van der Waals surface area (Å²) in [4.78, 5) is 16.8. The van der Waals surface area contributed by atoms with Crippen LogP contribution in [0.4, 0.5) is 9.18 Å². The number of aromatic nitrogens is 2. The molecular weight excluding hydrogens is 499 g/mol. The highest BCUT2D eigenvalue weighted by molar-refractivity contribution is 7.89. The molecule has 0 amide bonds. The number of hydrogen-bond donors (Lipinski definition) is 1. The molecule has 13 heteroatoms. The van der Waals surface area contributed by atoms with Crippen molar-refractivity contribution in [3.05, 3.63) is 48.5 Å². The number of nitrogens with zero attached hydrogens (tertiary/aromatic N) is 3.